The summed E-state index contributed by atoms with van der Waals surface area (Å²) in [5.41, 5.74) is 6.88. The van der Waals surface area contributed by atoms with Crippen molar-refractivity contribution < 1.29 is 19.4 Å². The molecule has 1 amide bonds. The number of β-amino-alcohol motifs (C(OH)–C–C–N with tert-alkyl or cyclic N) is 1. The summed E-state index contributed by atoms with van der Waals surface area (Å²) in [5, 5.41) is 28.2. The van der Waals surface area contributed by atoms with Crippen molar-refractivity contribution in [3.8, 4) is 5.75 Å². The molecule has 0 radical (unpaired) electrons. The second kappa shape index (κ2) is 17.7. The van der Waals surface area contributed by atoms with Crippen molar-refractivity contribution in [1.29, 1.82) is 0 Å². The third-order valence-electron chi connectivity index (χ3n) is 10.7. The summed E-state index contributed by atoms with van der Waals surface area (Å²) in [7, 11) is 0. The van der Waals surface area contributed by atoms with E-state index in [2.05, 4.69) is 53.7 Å². The Morgan fingerprint density at radius 1 is 1.02 bits per heavy atom. The molecule has 12 heteroatoms. The molecule has 1 aliphatic heterocycles. The monoisotopic (exact) mass is 771 g/mol. The lowest BCUT2D eigenvalue weighted by Gasteiger charge is -2.28. The van der Waals surface area contributed by atoms with Gasteiger partial charge in [0.05, 0.1) is 28.9 Å². The number of aryl methyl sites for hydroxylation is 2. The van der Waals surface area contributed by atoms with Gasteiger partial charge in [-0.05, 0) is 87.4 Å². The predicted molar refractivity (Wildman–Crippen MR) is 224 cm³/mol. The zero-order chi connectivity index (χ0) is 39.9. The van der Waals surface area contributed by atoms with E-state index < -0.39 is 11.6 Å². The molecular formula is C45H53N7O5. The number of aromatic nitrogens is 4. The molecule has 4 heterocycles. The molecule has 1 saturated heterocycles. The Morgan fingerprint density at radius 2 is 1.81 bits per heavy atom. The Hall–Kier alpha value is -5.56. The number of carbonyl (C=O) groups is 1. The summed E-state index contributed by atoms with van der Waals surface area (Å²) in [6.07, 6.45) is 4.17. The van der Waals surface area contributed by atoms with Crippen LogP contribution >= 0.6 is 0 Å². The van der Waals surface area contributed by atoms with E-state index in [0.717, 1.165) is 83.5 Å². The van der Waals surface area contributed by atoms with E-state index in [1.165, 1.54) is 6.07 Å². The number of hydrogen-bond donors (Lipinski definition) is 5. The Balaban J connectivity index is 1.02. The number of pyridine rings is 2. The summed E-state index contributed by atoms with van der Waals surface area (Å²) < 4.78 is 13.6. The summed E-state index contributed by atoms with van der Waals surface area (Å²) >= 11 is 0. The molecular weight excluding hydrogens is 719 g/mol. The van der Waals surface area contributed by atoms with Crippen molar-refractivity contribution in [3.63, 3.8) is 0 Å². The topological polar surface area (TPSA) is 155 Å². The van der Waals surface area contributed by atoms with Crippen LogP contribution in [0.2, 0.25) is 0 Å². The normalized spacial score (nSPS) is 14.2. The number of carbonyl (C=O) groups excluding carboxylic acids is 1. The molecule has 1 atom stereocenters. The van der Waals surface area contributed by atoms with Crippen molar-refractivity contribution >= 4 is 33.5 Å². The van der Waals surface area contributed by atoms with Gasteiger partial charge in [-0.15, -0.1) is 0 Å². The number of amides is 1. The highest BCUT2D eigenvalue weighted by Gasteiger charge is 2.24. The van der Waals surface area contributed by atoms with Gasteiger partial charge in [-0.3, -0.25) is 9.59 Å². The third-order valence-corrected chi connectivity index (χ3v) is 10.7. The van der Waals surface area contributed by atoms with Crippen LogP contribution in [0, 0.1) is 0 Å². The first-order chi connectivity index (χ1) is 27.6. The summed E-state index contributed by atoms with van der Waals surface area (Å²) in [6, 6.07) is 24.6. The number of hydrogen-bond acceptors (Lipinski definition) is 9. The van der Waals surface area contributed by atoms with Crippen LogP contribution in [-0.4, -0.2) is 62.1 Å². The molecule has 3 aromatic carbocycles. The molecule has 57 heavy (non-hydrogen) atoms. The number of aliphatic hydroxyl groups excluding tert-OH is 1. The summed E-state index contributed by atoms with van der Waals surface area (Å²) in [6.45, 7) is 11.4. The Morgan fingerprint density at radius 3 is 2.58 bits per heavy atom. The standard InChI is InChI=1S/C45H53N7O5/c1-5-37-35(41(49-32-19-21-56-22-20-32)36-26-48-52(6-2)43(36)50-37)25-46-44(55)31-14-10-13-30(23-31)24-45(3,4)47-27-38(53)33-15-17-39(42-34(33)16-18-40(54)51-42)57-28-29-11-8-7-9-12-29/h7-18,23,26,32,38,47,53H,5-6,19-22,24-25,27-28H2,1-4H3,(H,46,55)(H,49,50)(H,51,54)/t38-/m0/s1. The van der Waals surface area contributed by atoms with Crippen LogP contribution in [0.1, 0.15) is 84.9 Å². The van der Waals surface area contributed by atoms with E-state index in [-0.39, 0.29) is 24.1 Å². The fourth-order valence-corrected chi connectivity index (χ4v) is 7.64. The molecule has 0 spiro atoms. The van der Waals surface area contributed by atoms with Crippen LogP contribution in [-0.2, 0) is 37.3 Å². The molecule has 7 rings (SSSR count). The van der Waals surface area contributed by atoms with E-state index in [0.29, 0.717) is 42.0 Å². The second-order valence-electron chi connectivity index (χ2n) is 15.4. The van der Waals surface area contributed by atoms with Crippen molar-refractivity contribution in [2.24, 2.45) is 0 Å². The molecule has 0 aliphatic carbocycles. The number of anilines is 1. The summed E-state index contributed by atoms with van der Waals surface area (Å²) in [4.78, 5) is 34.0. The number of ether oxygens (including phenoxy) is 2. The highest BCUT2D eigenvalue weighted by Crippen LogP contribution is 2.32. The maximum Gasteiger partial charge on any atom is 0.251 e. The highest BCUT2D eigenvalue weighted by molar-refractivity contribution is 5.95. The highest BCUT2D eigenvalue weighted by atomic mass is 16.5. The molecule has 1 fully saturated rings. The van der Waals surface area contributed by atoms with Crippen molar-refractivity contribution in [2.45, 2.75) is 90.8 Å². The van der Waals surface area contributed by atoms with Crippen LogP contribution in [0.4, 0.5) is 5.69 Å². The number of aromatic amines is 1. The number of nitrogens with one attached hydrogen (secondary N) is 4. The minimum Gasteiger partial charge on any atom is -0.487 e. The van der Waals surface area contributed by atoms with Gasteiger partial charge < -0.3 is 35.5 Å². The van der Waals surface area contributed by atoms with Gasteiger partial charge in [0.2, 0.25) is 5.56 Å². The van der Waals surface area contributed by atoms with E-state index in [1.54, 1.807) is 12.1 Å². The van der Waals surface area contributed by atoms with Crippen LogP contribution in [0.3, 0.4) is 0 Å². The van der Waals surface area contributed by atoms with Crippen LogP contribution in [0.25, 0.3) is 21.9 Å². The zero-order valence-electron chi connectivity index (χ0n) is 33.2. The van der Waals surface area contributed by atoms with Crippen molar-refractivity contribution in [3.05, 3.63) is 129 Å². The van der Waals surface area contributed by atoms with E-state index in [9.17, 15) is 14.7 Å². The molecule has 3 aromatic heterocycles. The Bertz CT molecular complexity index is 2380. The average molecular weight is 772 g/mol. The molecule has 0 saturated carbocycles. The lowest BCUT2D eigenvalue weighted by atomic mass is 9.93. The van der Waals surface area contributed by atoms with E-state index in [4.69, 9.17) is 14.5 Å². The molecule has 298 valence electrons. The van der Waals surface area contributed by atoms with Crippen LogP contribution in [0.5, 0.6) is 5.75 Å². The lowest BCUT2D eigenvalue weighted by Crippen LogP contribution is -2.43. The molecule has 6 aromatic rings. The minimum atomic E-state index is -0.859. The van der Waals surface area contributed by atoms with Gasteiger partial charge in [0.15, 0.2) is 5.65 Å². The van der Waals surface area contributed by atoms with Crippen LogP contribution < -0.4 is 26.2 Å². The van der Waals surface area contributed by atoms with Crippen molar-refractivity contribution in [2.75, 3.05) is 25.1 Å². The van der Waals surface area contributed by atoms with E-state index >= 15 is 0 Å². The summed E-state index contributed by atoms with van der Waals surface area (Å²) in [5.74, 6) is 0.377. The number of rotatable bonds is 16. The van der Waals surface area contributed by atoms with Gasteiger partial charge in [0, 0.05) is 72.7 Å². The SMILES string of the molecule is CCc1nc2c(cnn2CC)c(NC2CCOCC2)c1CNC(=O)c1cccc(CC(C)(C)NC[C@H](O)c2ccc(OCc3ccccc3)c3[nH]c(=O)ccc23)c1. The van der Waals surface area contributed by atoms with Gasteiger partial charge in [-0.25, -0.2) is 9.67 Å². The number of nitrogens with zero attached hydrogens (tertiary/aromatic N) is 3. The molecule has 5 N–H and O–H groups in total. The maximum absolute atomic E-state index is 13.7. The smallest absolute Gasteiger partial charge is 0.251 e. The van der Waals surface area contributed by atoms with Gasteiger partial charge in [0.1, 0.15) is 12.4 Å². The Kier molecular flexibility index (Phi) is 12.3. The largest absolute Gasteiger partial charge is 0.487 e. The third kappa shape index (κ3) is 9.36. The number of fused-ring (bicyclic) bond motifs is 2. The minimum absolute atomic E-state index is 0.164. The lowest BCUT2D eigenvalue weighted by molar-refractivity contribution is 0.0904. The number of aliphatic hydroxyl groups is 1. The molecule has 0 unspecified atom stereocenters. The van der Waals surface area contributed by atoms with E-state index in [1.807, 2.05) is 71.5 Å². The fraction of sp³-hybridized carbons (Fsp3) is 0.378. The van der Waals surface area contributed by atoms with Crippen molar-refractivity contribution in [1.82, 2.24) is 30.4 Å². The molecule has 12 nitrogen and oxygen atoms in total. The number of H-pyrrole nitrogens is 1. The fourth-order valence-electron chi connectivity index (χ4n) is 7.64. The molecule has 1 aliphatic rings. The van der Waals surface area contributed by atoms with Gasteiger partial charge in [-0.2, -0.15) is 5.10 Å². The first-order valence-electron chi connectivity index (χ1n) is 20.0. The second-order valence-corrected chi connectivity index (χ2v) is 15.4. The first-order valence-corrected chi connectivity index (χ1v) is 20.0. The quantitative estimate of drug-likeness (QED) is 0.0732. The average Bonchev–Trinajstić information content (AvgIpc) is 3.65. The first kappa shape index (κ1) is 39.7. The maximum atomic E-state index is 13.7. The molecule has 0 bridgehead atoms. The van der Waals surface area contributed by atoms with Gasteiger partial charge in [-0.1, -0.05) is 55.5 Å². The number of benzene rings is 3. The van der Waals surface area contributed by atoms with Gasteiger partial charge in [0.25, 0.3) is 5.91 Å². The predicted octanol–water partition coefficient (Wildman–Crippen LogP) is 6.60. The zero-order valence-corrected chi connectivity index (χ0v) is 33.2. The Labute approximate surface area is 333 Å². The van der Waals surface area contributed by atoms with Gasteiger partial charge >= 0.3 is 0 Å². The van der Waals surface area contributed by atoms with Crippen LogP contribution in [0.15, 0.2) is 89.9 Å².